The van der Waals surface area contributed by atoms with Gasteiger partial charge in [-0.1, -0.05) is 19.1 Å². The fourth-order valence-electron chi connectivity index (χ4n) is 2.57. The Morgan fingerprint density at radius 3 is 2.44 bits per heavy atom. The van der Waals surface area contributed by atoms with Gasteiger partial charge in [-0.15, -0.1) is 11.3 Å². The van der Waals surface area contributed by atoms with Crippen molar-refractivity contribution in [3.8, 4) is 11.3 Å². The molecule has 0 bridgehead atoms. The normalized spacial score (nSPS) is 10.7. The molecule has 0 saturated carbocycles. The van der Waals surface area contributed by atoms with Crippen molar-refractivity contribution in [2.24, 2.45) is 0 Å². The summed E-state index contributed by atoms with van der Waals surface area (Å²) in [6, 6.07) is 14.1. The molecule has 1 amide bonds. The van der Waals surface area contributed by atoms with Crippen molar-refractivity contribution in [3.05, 3.63) is 69.8 Å². The van der Waals surface area contributed by atoms with E-state index in [0.29, 0.717) is 0 Å². The molecule has 0 fully saturated rings. The first kappa shape index (κ1) is 17.3. The second kappa shape index (κ2) is 7.57. The molecule has 128 valence electrons. The van der Waals surface area contributed by atoms with Crippen LogP contribution in [0.1, 0.15) is 22.4 Å². The molecule has 1 heterocycles. The summed E-state index contributed by atoms with van der Waals surface area (Å²) in [5, 5.41) is 3.65. The highest BCUT2D eigenvalue weighted by atomic mass is 32.1. The van der Waals surface area contributed by atoms with E-state index in [1.807, 2.05) is 31.2 Å². The van der Waals surface area contributed by atoms with Gasteiger partial charge in [0, 0.05) is 16.1 Å². The van der Waals surface area contributed by atoms with Gasteiger partial charge in [-0.3, -0.25) is 4.79 Å². The molecule has 0 aliphatic carbocycles. The van der Waals surface area contributed by atoms with Gasteiger partial charge < -0.3 is 5.32 Å². The fourth-order valence-corrected chi connectivity index (χ4v) is 3.52. The minimum Gasteiger partial charge on any atom is -0.326 e. The maximum atomic E-state index is 13.1. The Bertz CT molecular complexity index is 870. The molecule has 1 aromatic heterocycles. The number of halogens is 1. The van der Waals surface area contributed by atoms with Crippen molar-refractivity contribution < 1.29 is 9.18 Å². The molecule has 25 heavy (non-hydrogen) atoms. The van der Waals surface area contributed by atoms with Gasteiger partial charge in [0.2, 0.25) is 5.91 Å². The van der Waals surface area contributed by atoms with E-state index in [9.17, 15) is 9.18 Å². The molecule has 0 unspecified atom stereocenters. The largest absolute Gasteiger partial charge is 0.326 e. The molecule has 0 atom stereocenters. The van der Waals surface area contributed by atoms with E-state index in [2.05, 4.69) is 17.2 Å². The van der Waals surface area contributed by atoms with Crippen LogP contribution in [0.3, 0.4) is 0 Å². The molecule has 0 radical (unpaired) electrons. The summed E-state index contributed by atoms with van der Waals surface area (Å²) in [7, 11) is 0. The maximum absolute atomic E-state index is 13.1. The van der Waals surface area contributed by atoms with Gasteiger partial charge in [0.25, 0.3) is 0 Å². The minimum absolute atomic E-state index is 0.0938. The molecule has 0 aliphatic rings. The number of anilines is 1. The zero-order valence-electron chi connectivity index (χ0n) is 14.2. The number of benzene rings is 2. The van der Waals surface area contributed by atoms with E-state index in [1.54, 1.807) is 12.1 Å². The van der Waals surface area contributed by atoms with E-state index in [0.717, 1.165) is 33.3 Å². The lowest BCUT2D eigenvalue weighted by Gasteiger charge is -2.04. The van der Waals surface area contributed by atoms with E-state index < -0.39 is 0 Å². The van der Waals surface area contributed by atoms with Gasteiger partial charge >= 0.3 is 0 Å². The van der Waals surface area contributed by atoms with Crippen LogP contribution in [0.4, 0.5) is 10.1 Å². The van der Waals surface area contributed by atoms with E-state index >= 15 is 0 Å². The predicted molar refractivity (Wildman–Crippen MR) is 100 cm³/mol. The summed E-state index contributed by atoms with van der Waals surface area (Å²) in [6.45, 7) is 4.05. The molecule has 5 heteroatoms. The molecule has 2 aromatic carbocycles. The molecular weight excluding hydrogens is 335 g/mol. The summed E-state index contributed by atoms with van der Waals surface area (Å²) in [5.74, 6) is -0.367. The Morgan fingerprint density at radius 1 is 1.12 bits per heavy atom. The monoisotopic (exact) mass is 354 g/mol. The second-order valence-electron chi connectivity index (χ2n) is 5.79. The number of aromatic nitrogens is 1. The third-order valence-electron chi connectivity index (χ3n) is 3.92. The molecular formula is C20H19FN2OS. The number of hydrogen-bond acceptors (Lipinski definition) is 3. The third kappa shape index (κ3) is 4.31. The second-order valence-corrected chi connectivity index (χ2v) is 7.08. The highest BCUT2D eigenvalue weighted by Crippen LogP contribution is 2.28. The van der Waals surface area contributed by atoms with Crippen LogP contribution in [-0.4, -0.2) is 10.9 Å². The van der Waals surface area contributed by atoms with Gasteiger partial charge in [-0.2, -0.15) is 0 Å². The van der Waals surface area contributed by atoms with Crippen molar-refractivity contribution in [1.82, 2.24) is 4.98 Å². The number of carbonyl (C=O) groups is 1. The van der Waals surface area contributed by atoms with Gasteiger partial charge in [-0.25, -0.2) is 9.37 Å². The average molecular weight is 354 g/mol. The summed E-state index contributed by atoms with van der Waals surface area (Å²) in [5.41, 5.74) is 3.68. The van der Waals surface area contributed by atoms with Crippen LogP contribution in [0.5, 0.6) is 0 Å². The quantitative estimate of drug-likeness (QED) is 0.700. The lowest BCUT2D eigenvalue weighted by molar-refractivity contribution is -0.115. The number of nitrogens with one attached hydrogen (secondary N) is 1. The number of hydrogen-bond donors (Lipinski definition) is 1. The first-order valence-corrected chi connectivity index (χ1v) is 8.98. The Labute approximate surface area is 150 Å². The number of carbonyl (C=O) groups excluding carboxylic acids is 1. The van der Waals surface area contributed by atoms with Crippen LogP contribution in [0.2, 0.25) is 0 Å². The summed E-state index contributed by atoms with van der Waals surface area (Å²) >= 11 is 1.49. The molecule has 3 rings (SSSR count). The van der Waals surface area contributed by atoms with Crippen molar-refractivity contribution in [2.75, 3.05) is 5.32 Å². The van der Waals surface area contributed by atoms with E-state index in [-0.39, 0.29) is 18.1 Å². The van der Waals surface area contributed by atoms with Crippen LogP contribution in [0.15, 0.2) is 48.5 Å². The van der Waals surface area contributed by atoms with E-state index in [1.165, 1.54) is 29.0 Å². The van der Waals surface area contributed by atoms with Crippen molar-refractivity contribution in [1.29, 1.82) is 0 Å². The number of thiazole rings is 1. The van der Waals surface area contributed by atoms with Crippen LogP contribution >= 0.6 is 11.3 Å². The first-order valence-electron chi connectivity index (χ1n) is 8.16. The zero-order valence-corrected chi connectivity index (χ0v) is 15.0. The van der Waals surface area contributed by atoms with Crippen LogP contribution in [0.25, 0.3) is 11.3 Å². The van der Waals surface area contributed by atoms with Crippen molar-refractivity contribution in [2.45, 2.75) is 26.7 Å². The predicted octanol–water partition coefficient (Wildman–Crippen LogP) is 5.00. The average Bonchev–Trinajstić information content (AvgIpc) is 2.96. The standard InChI is InChI=1S/C20H19FN2OS/c1-3-14-4-10-17(11-5-14)22-18(24)12-19-23-20(13(2)25-19)15-6-8-16(21)9-7-15/h4-11H,3,12H2,1-2H3,(H,22,24). The number of nitrogens with zero attached hydrogens (tertiary/aromatic N) is 1. The Morgan fingerprint density at radius 2 is 1.80 bits per heavy atom. The number of aryl methyl sites for hydroxylation is 2. The molecule has 0 aliphatic heterocycles. The molecule has 3 aromatic rings. The van der Waals surface area contributed by atoms with Crippen LogP contribution in [-0.2, 0) is 17.6 Å². The SMILES string of the molecule is CCc1ccc(NC(=O)Cc2nc(-c3ccc(F)cc3)c(C)s2)cc1. The molecule has 3 nitrogen and oxygen atoms in total. The van der Waals surface area contributed by atoms with Gasteiger partial charge in [-0.05, 0) is 55.3 Å². The fraction of sp³-hybridized carbons (Fsp3) is 0.200. The van der Waals surface area contributed by atoms with Crippen LogP contribution < -0.4 is 5.32 Å². The van der Waals surface area contributed by atoms with Gasteiger partial charge in [0.15, 0.2) is 0 Å². The lowest BCUT2D eigenvalue weighted by Crippen LogP contribution is -2.14. The highest BCUT2D eigenvalue weighted by Gasteiger charge is 2.13. The summed E-state index contributed by atoms with van der Waals surface area (Å²) in [6.07, 6.45) is 1.20. The summed E-state index contributed by atoms with van der Waals surface area (Å²) < 4.78 is 13.1. The molecule has 0 spiro atoms. The number of rotatable bonds is 5. The Balaban J connectivity index is 1.69. The number of amides is 1. The van der Waals surface area contributed by atoms with Gasteiger partial charge in [0.1, 0.15) is 10.8 Å². The van der Waals surface area contributed by atoms with E-state index in [4.69, 9.17) is 0 Å². The van der Waals surface area contributed by atoms with Crippen molar-refractivity contribution >= 4 is 22.9 Å². The topological polar surface area (TPSA) is 42.0 Å². The van der Waals surface area contributed by atoms with Gasteiger partial charge in [0.05, 0.1) is 12.1 Å². The Hall–Kier alpha value is -2.53. The summed E-state index contributed by atoms with van der Waals surface area (Å²) in [4.78, 5) is 17.8. The maximum Gasteiger partial charge on any atom is 0.231 e. The molecule has 1 N–H and O–H groups in total. The minimum atomic E-state index is -0.273. The molecule has 0 saturated heterocycles. The van der Waals surface area contributed by atoms with Crippen LogP contribution in [0, 0.1) is 12.7 Å². The Kier molecular flexibility index (Phi) is 5.24. The first-order chi connectivity index (χ1) is 12.0. The third-order valence-corrected chi connectivity index (χ3v) is 4.89. The zero-order chi connectivity index (χ0) is 17.8. The smallest absolute Gasteiger partial charge is 0.231 e. The lowest BCUT2D eigenvalue weighted by atomic mass is 10.1. The van der Waals surface area contributed by atoms with Crippen molar-refractivity contribution in [3.63, 3.8) is 0 Å². The highest BCUT2D eigenvalue weighted by molar-refractivity contribution is 7.12.